The second kappa shape index (κ2) is 6.72. The van der Waals surface area contributed by atoms with Crippen molar-refractivity contribution in [1.82, 2.24) is 15.5 Å². The number of aryl methyl sites for hydroxylation is 1. The van der Waals surface area contributed by atoms with E-state index >= 15 is 0 Å². The number of hydrogen-bond acceptors (Lipinski definition) is 3. The molecule has 0 bridgehead atoms. The molecule has 0 radical (unpaired) electrons. The Morgan fingerprint density at radius 3 is 2.70 bits per heavy atom. The van der Waals surface area contributed by atoms with Crippen molar-refractivity contribution >= 4 is 23.4 Å². The number of rotatable bonds is 3. The molecule has 5 nitrogen and oxygen atoms in total. The van der Waals surface area contributed by atoms with Crippen LogP contribution in [0.15, 0.2) is 18.2 Å². The molecule has 1 aromatic carbocycles. The van der Waals surface area contributed by atoms with Gasteiger partial charge in [0.2, 0.25) is 5.91 Å². The molecule has 0 unspecified atom stereocenters. The van der Waals surface area contributed by atoms with Crippen LogP contribution in [0.2, 0.25) is 5.02 Å². The molecular weight excluding hydrogens is 278 g/mol. The van der Waals surface area contributed by atoms with Gasteiger partial charge in [0.25, 0.3) is 5.91 Å². The molecule has 6 heteroatoms. The highest BCUT2D eigenvalue weighted by Crippen LogP contribution is 2.16. The van der Waals surface area contributed by atoms with Crippen molar-refractivity contribution in [2.75, 3.05) is 32.7 Å². The van der Waals surface area contributed by atoms with Gasteiger partial charge in [0.05, 0.1) is 6.54 Å². The average molecular weight is 296 g/mol. The molecule has 0 aromatic heterocycles. The molecule has 0 aliphatic carbocycles. The summed E-state index contributed by atoms with van der Waals surface area (Å²) in [6, 6.07) is 5.05. The maximum Gasteiger partial charge on any atom is 0.251 e. The number of carbonyl (C=O) groups excluding carboxylic acids is 2. The summed E-state index contributed by atoms with van der Waals surface area (Å²) in [6.07, 6.45) is 0. The predicted octanol–water partition coefficient (Wildman–Crippen LogP) is 0.810. The van der Waals surface area contributed by atoms with Gasteiger partial charge in [-0.1, -0.05) is 11.6 Å². The van der Waals surface area contributed by atoms with Crippen LogP contribution in [0.5, 0.6) is 0 Å². The van der Waals surface area contributed by atoms with E-state index in [0.29, 0.717) is 23.7 Å². The summed E-state index contributed by atoms with van der Waals surface area (Å²) in [5.41, 5.74) is 1.35. The van der Waals surface area contributed by atoms with Crippen molar-refractivity contribution in [1.29, 1.82) is 0 Å². The number of halogens is 1. The number of amides is 2. The van der Waals surface area contributed by atoms with Crippen molar-refractivity contribution in [3.8, 4) is 0 Å². The normalized spacial score (nSPS) is 15.0. The SMILES string of the molecule is Cc1cc(C(=O)NCC(=O)N2CCNCC2)ccc1Cl. The monoisotopic (exact) mass is 295 g/mol. The summed E-state index contributed by atoms with van der Waals surface area (Å²) in [5.74, 6) is -0.307. The Balaban J connectivity index is 1.88. The van der Waals surface area contributed by atoms with Gasteiger partial charge < -0.3 is 15.5 Å². The zero-order valence-electron chi connectivity index (χ0n) is 11.4. The van der Waals surface area contributed by atoms with Gasteiger partial charge in [0.1, 0.15) is 0 Å². The third-order valence-electron chi connectivity index (χ3n) is 3.29. The van der Waals surface area contributed by atoms with E-state index in [0.717, 1.165) is 18.7 Å². The minimum Gasteiger partial charge on any atom is -0.343 e. The van der Waals surface area contributed by atoms with Crippen LogP contribution in [0.25, 0.3) is 0 Å². The van der Waals surface area contributed by atoms with Crippen LogP contribution in [0.1, 0.15) is 15.9 Å². The van der Waals surface area contributed by atoms with E-state index in [1.165, 1.54) is 0 Å². The Morgan fingerprint density at radius 1 is 1.35 bits per heavy atom. The zero-order chi connectivity index (χ0) is 14.5. The summed E-state index contributed by atoms with van der Waals surface area (Å²) in [4.78, 5) is 25.6. The fourth-order valence-electron chi connectivity index (χ4n) is 2.07. The van der Waals surface area contributed by atoms with Gasteiger partial charge in [-0.15, -0.1) is 0 Å². The van der Waals surface area contributed by atoms with Crippen LogP contribution < -0.4 is 10.6 Å². The first-order valence-corrected chi connectivity index (χ1v) is 6.98. The minimum absolute atomic E-state index is 0.0283. The Kier molecular flexibility index (Phi) is 4.98. The van der Waals surface area contributed by atoms with Crippen molar-refractivity contribution in [3.63, 3.8) is 0 Å². The fourth-order valence-corrected chi connectivity index (χ4v) is 2.19. The second-order valence-electron chi connectivity index (χ2n) is 4.78. The lowest BCUT2D eigenvalue weighted by atomic mass is 10.1. The smallest absolute Gasteiger partial charge is 0.251 e. The molecule has 1 heterocycles. The van der Waals surface area contributed by atoms with Crippen molar-refractivity contribution in [2.45, 2.75) is 6.92 Å². The maximum absolute atomic E-state index is 12.0. The number of hydrogen-bond donors (Lipinski definition) is 2. The summed E-state index contributed by atoms with van der Waals surface area (Å²) in [5, 5.41) is 6.45. The molecular formula is C14H18ClN3O2. The molecule has 1 aliphatic heterocycles. The van der Waals surface area contributed by atoms with Gasteiger partial charge in [-0.05, 0) is 30.7 Å². The van der Waals surface area contributed by atoms with Gasteiger partial charge in [-0.3, -0.25) is 9.59 Å². The summed E-state index contributed by atoms with van der Waals surface area (Å²) >= 11 is 5.92. The molecule has 1 saturated heterocycles. The highest BCUT2D eigenvalue weighted by molar-refractivity contribution is 6.31. The van der Waals surface area contributed by atoms with Gasteiger partial charge in [0.15, 0.2) is 0 Å². The first kappa shape index (κ1) is 14.8. The molecule has 1 aliphatic rings. The van der Waals surface area contributed by atoms with Gasteiger partial charge in [-0.25, -0.2) is 0 Å². The highest BCUT2D eigenvalue weighted by atomic mass is 35.5. The minimum atomic E-state index is -0.256. The molecule has 108 valence electrons. The molecule has 0 spiro atoms. The van der Waals surface area contributed by atoms with Crippen LogP contribution >= 0.6 is 11.6 Å². The van der Waals surface area contributed by atoms with Crippen molar-refractivity contribution < 1.29 is 9.59 Å². The van der Waals surface area contributed by atoms with E-state index in [1.54, 1.807) is 23.1 Å². The van der Waals surface area contributed by atoms with Gasteiger partial charge in [-0.2, -0.15) is 0 Å². The lowest BCUT2D eigenvalue weighted by Crippen LogP contribution is -2.49. The Morgan fingerprint density at radius 2 is 2.05 bits per heavy atom. The Labute approximate surface area is 123 Å². The van der Waals surface area contributed by atoms with E-state index in [4.69, 9.17) is 11.6 Å². The van der Waals surface area contributed by atoms with E-state index in [2.05, 4.69) is 10.6 Å². The number of carbonyl (C=O) groups is 2. The second-order valence-corrected chi connectivity index (χ2v) is 5.18. The van der Waals surface area contributed by atoms with Crippen LogP contribution in [-0.2, 0) is 4.79 Å². The first-order valence-electron chi connectivity index (χ1n) is 6.61. The Hall–Kier alpha value is -1.59. The molecule has 2 N–H and O–H groups in total. The molecule has 2 amide bonds. The molecule has 20 heavy (non-hydrogen) atoms. The maximum atomic E-state index is 12.0. The lowest BCUT2D eigenvalue weighted by Gasteiger charge is -2.27. The summed E-state index contributed by atoms with van der Waals surface area (Å²) in [6.45, 7) is 4.85. The first-order chi connectivity index (χ1) is 9.58. The molecule has 1 aromatic rings. The fraction of sp³-hybridized carbons (Fsp3) is 0.429. The average Bonchev–Trinajstić information content (AvgIpc) is 2.48. The third kappa shape index (κ3) is 3.71. The quantitative estimate of drug-likeness (QED) is 0.867. The molecule has 2 rings (SSSR count). The number of benzene rings is 1. The zero-order valence-corrected chi connectivity index (χ0v) is 12.2. The van der Waals surface area contributed by atoms with Gasteiger partial charge in [0, 0.05) is 36.8 Å². The summed E-state index contributed by atoms with van der Waals surface area (Å²) < 4.78 is 0. The molecule has 1 fully saturated rings. The van der Waals surface area contributed by atoms with Crippen LogP contribution in [0.3, 0.4) is 0 Å². The van der Waals surface area contributed by atoms with E-state index in [9.17, 15) is 9.59 Å². The number of nitrogens with one attached hydrogen (secondary N) is 2. The topological polar surface area (TPSA) is 61.4 Å². The highest BCUT2D eigenvalue weighted by Gasteiger charge is 2.17. The lowest BCUT2D eigenvalue weighted by molar-refractivity contribution is -0.130. The van der Waals surface area contributed by atoms with Crippen LogP contribution in [0, 0.1) is 6.92 Å². The summed E-state index contributed by atoms with van der Waals surface area (Å²) in [7, 11) is 0. The van der Waals surface area contributed by atoms with Crippen LogP contribution in [0.4, 0.5) is 0 Å². The van der Waals surface area contributed by atoms with E-state index in [1.807, 2.05) is 6.92 Å². The van der Waals surface area contributed by atoms with Crippen molar-refractivity contribution in [2.24, 2.45) is 0 Å². The van der Waals surface area contributed by atoms with E-state index < -0.39 is 0 Å². The number of nitrogens with zero attached hydrogens (tertiary/aromatic N) is 1. The molecule has 0 saturated carbocycles. The predicted molar refractivity (Wildman–Crippen MR) is 78.0 cm³/mol. The van der Waals surface area contributed by atoms with E-state index in [-0.39, 0.29) is 18.4 Å². The largest absolute Gasteiger partial charge is 0.343 e. The van der Waals surface area contributed by atoms with Crippen molar-refractivity contribution in [3.05, 3.63) is 34.3 Å². The Bertz CT molecular complexity index is 513. The third-order valence-corrected chi connectivity index (χ3v) is 3.71. The van der Waals surface area contributed by atoms with Gasteiger partial charge >= 0.3 is 0 Å². The standard InChI is InChI=1S/C14H18ClN3O2/c1-10-8-11(2-3-12(10)15)14(20)17-9-13(19)18-6-4-16-5-7-18/h2-3,8,16H,4-7,9H2,1H3,(H,17,20). The van der Waals surface area contributed by atoms with Crippen LogP contribution in [-0.4, -0.2) is 49.4 Å². The molecule has 0 atom stereocenters. The number of piperazine rings is 1.